The molecule has 0 saturated heterocycles. The monoisotopic (exact) mass is 488 g/mol. The van der Waals surface area contributed by atoms with E-state index in [0.717, 1.165) is 0 Å². The number of unbranched alkanes of at least 4 members (excludes halogenated alkanes) is 2. The van der Waals surface area contributed by atoms with E-state index in [1.807, 2.05) is 0 Å². The van der Waals surface area contributed by atoms with Gasteiger partial charge in [-0.05, 0) is 26.2 Å². The number of halogens is 4. The molecule has 1 unspecified atom stereocenters. The van der Waals surface area contributed by atoms with Crippen LogP contribution < -0.4 is 0 Å². The zero-order chi connectivity index (χ0) is 23.8. The number of hydrogen-bond acceptors (Lipinski definition) is 6. The van der Waals surface area contributed by atoms with Gasteiger partial charge in [0.05, 0.1) is 31.2 Å². The van der Waals surface area contributed by atoms with Crippen molar-refractivity contribution >= 4 is 31.6 Å². The van der Waals surface area contributed by atoms with Crippen molar-refractivity contribution in [3.05, 3.63) is 28.8 Å². The van der Waals surface area contributed by atoms with Crippen molar-refractivity contribution in [2.45, 2.75) is 51.4 Å². The van der Waals surface area contributed by atoms with Crippen LogP contribution in [0.1, 0.15) is 51.5 Å². The summed E-state index contributed by atoms with van der Waals surface area (Å²) in [6, 6.07) is 0. The minimum Gasteiger partial charge on any atom is -0.748 e. The number of fused-ring (bicyclic) bond motifs is 1. The topological polar surface area (TPSA) is 117 Å². The second kappa shape index (κ2) is 9.12. The lowest BCUT2D eigenvalue weighted by Crippen LogP contribution is -2.31. The maximum absolute atomic E-state index is 14.7. The Bertz CT molecular complexity index is 1120. The van der Waals surface area contributed by atoms with E-state index in [9.17, 15) is 43.5 Å². The van der Waals surface area contributed by atoms with Crippen molar-refractivity contribution in [1.82, 2.24) is 0 Å². The Labute approximate surface area is 178 Å². The quantitative estimate of drug-likeness (QED) is 0.125. The van der Waals surface area contributed by atoms with Gasteiger partial charge in [-0.15, -0.1) is 0 Å². The molecule has 13 heteroatoms. The van der Waals surface area contributed by atoms with E-state index in [2.05, 4.69) is 0 Å². The predicted molar refractivity (Wildman–Crippen MR) is 101 cm³/mol. The molecule has 0 aliphatic carbocycles. The minimum atomic E-state index is -4.46. The van der Waals surface area contributed by atoms with Crippen molar-refractivity contribution in [1.29, 1.82) is 0 Å². The lowest BCUT2D eigenvalue weighted by molar-refractivity contribution is -0.442. The van der Waals surface area contributed by atoms with Crippen molar-refractivity contribution in [3.8, 4) is 0 Å². The fourth-order valence-corrected chi connectivity index (χ4v) is 5.03. The molecule has 1 heterocycles. The fourth-order valence-electron chi connectivity index (χ4n) is 3.92. The third kappa shape index (κ3) is 5.62. The second-order valence-electron chi connectivity index (χ2n) is 7.74. The summed E-state index contributed by atoms with van der Waals surface area (Å²) in [6.07, 6.45) is 0.0735. The van der Waals surface area contributed by atoms with Crippen molar-refractivity contribution < 1.29 is 48.1 Å². The molecule has 2 rings (SSSR count). The summed E-state index contributed by atoms with van der Waals surface area (Å²) >= 11 is 0. The molecule has 0 spiro atoms. The number of rotatable bonds is 10. The lowest BCUT2D eigenvalue weighted by Gasteiger charge is -2.23. The van der Waals surface area contributed by atoms with Crippen LogP contribution in [0.5, 0.6) is 0 Å². The summed E-state index contributed by atoms with van der Waals surface area (Å²) in [7, 11) is -8.93. The standard InChI is InChI=1S/C18H23F4NO6S2/c1-11-18(2,7-3-5-9-30(24,25)26)12-13(19)14(20)15(21)16(22)17(12)23(11)8-4-6-10-31(27,28)29/h3-10H2,1-2H3,(H-,24,25,26,27,28,29)/p-1. The molecule has 0 aromatic heterocycles. The predicted octanol–water partition coefficient (Wildman–Crippen LogP) is 2.66. The highest BCUT2D eigenvalue weighted by Crippen LogP contribution is 2.47. The van der Waals surface area contributed by atoms with Gasteiger partial charge >= 0.3 is 0 Å². The van der Waals surface area contributed by atoms with Gasteiger partial charge in [0.2, 0.25) is 11.6 Å². The highest BCUT2D eigenvalue weighted by Gasteiger charge is 2.51. The van der Waals surface area contributed by atoms with Crippen LogP contribution >= 0.6 is 0 Å². The molecular formula is C18H22F4NO6S2-. The van der Waals surface area contributed by atoms with Crippen molar-refractivity contribution in [2.24, 2.45) is 0 Å². The van der Waals surface area contributed by atoms with Crippen LogP contribution in [0.4, 0.5) is 23.2 Å². The van der Waals surface area contributed by atoms with E-state index < -0.39 is 71.7 Å². The Morgan fingerprint density at radius 1 is 0.806 bits per heavy atom. The van der Waals surface area contributed by atoms with Gasteiger partial charge in [0, 0.05) is 24.9 Å². The Balaban J connectivity index is 2.43. The van der Waals surface area contributed by atoms with Gasteiger partial charge < -0.3 is 9.11 Å². The summed E-state index contributed by atoms with van der Waals surface area (Å²) in [5.74, 6) is -8.46. The molecule has 1 aromatic rings. The van der Waals surface area contributed by atoms with E-state index in [-0.39, 0.29) is 38.6 Å². The summed E-state index contributed by atoms with van der Waals surface area (Å²) in [6.45, 7) is 2.87. The van der Waals surface area contributed by atoms with Gasteiger partial charge in [0.15, 0.2) is 17.3 Å². The number of benzene rings is 1. The molecule has 1 atom stereocenters. The molecule has 176 valence electrons. The highest BCUT2D eigenvalue weighted by atomic mass is 32.2. The normalized spacial score (nSPS) is 19.2. The van der Waals surface area contributed by atoms with Gasteiger partial charge in [-0.3, -0.25) is 0 Å². The molecule has 1 aliphatic heterocycles. The molecular weight excluding hydrogens is 466 g/mol. The van der Waals surface area contributed by atoms with Crippen LogP contribution in [-0.2, 0) is 25.7 Å². The molecule has 0 bridgehead atoms. The lowest BCUT2D eigenvalue weighted by atomic mass is 9.75. The summed E-state index contributed by atoms with van der Waals surface area (Å²) in [5.41, 5.74) is -1.95. The van der Waals surface area contributed by atoms with E-state index in [0.29, 0.717) is 5.71 Å². The van der Waals surface area contributed by atoms with Gasteiger partial charge in [-0.25, -0.2) is 30.0 Å². The third-order valence-electron chi connectivity index (χ3n) is 5.61. The van der Waals surface area contributed by atoms with Crippen LogP contribution in [-0.4, -0.2) is 54.3 Å². The third-order valence-corrected chi connectivity index (χ3v) is 7.19. The molecule has 1 aliphatic rings. The van der Waals surface area contributed by atoms with Crippen molar-refractivity contribution in [3.63, 3.8) is 0 Å². The number of hydrogen-bond donors (Lipinski definition) is 0. The zero-order valence-electron chi connectivity index (χ0n) is 16.9. The first kappa shape index (κ1) is 25.7. The van der Waals surface area contributed by atoms with Crippen LogP contribution in [0.2, 0.25) is 0 Å². The van der Waals surface area contributed by atoms with Crippen LogP contribution in [0.25, 0.3) is 0 Å². The Hall–Kier alpha value is -1.57. The van der Waals surface area contributed by atoms with Crippen LogP contribution in [0.3, 0.4) is 0 Å². The first-order chi connectivity index (χ1) is 14.1. The maximum Gasteiger partial charge on any atom is 0.251 e. The first-order valence-electron chi connectivity index (χ1n) is 9.45. The average molecular weight is 489 g/mol. The van der Waals surface area contributed by atoms with Gasteiger partial charge in [0.1, 0.15) is 6.54 Å². The van der Waals surface area contributed by atoms with E-state index in [1.165, 1.54) is 18.4 Å². The van der Waals surface area contributed by atoms with Crippen molar-refractivity contribution in [2.75, 3.05) is 18.1 Å². The molecule has 31 heavy (non-hydrogen) atoms. The van der Waals surface area contributed by atoms with E-state index in [1.54, 1.807) is 0 Å². The van der Waals surface area contributed by atoms with Gasteiger partial charge in [-0.2, -0.15) is 8.97 Å². The maximum atomic E-state index is 14.7. The summed E-state index contributed by atoms with van der Waals surface area (Å²) in [4.78, 5) is 0. The molecule has 0 radical (unpaired) electrons. The summed E-state index contributed by atoms with van der Waals surface area (Å²) in [5, 5.41) is 0. The van der Waals surface area contributed by atoms with Gasteiger partial charge in [-0.1, -0.05) is 6.42 Å². The molecule has 0 amide bonds. The molecule has 0 saturated carbocycles. The SMILES string of the molecule is CC1=[N+](CCCCS(=O)(=O)[O-])c2c(F)c(F)c(F)c(F)c2C1(C)CCCCS(=O)(=O)[O-]. The second-order valence-corrected chi connectivity index (χ2v) is 10.8. The number of nitrogens with zero attached hydrogens (tertiary/aromatic N) is 1. The van der Waals surface area contributed by atoms with E-state index >= 15 is 0 Å². The first-order valence-corrected chi connectivity index (χ1v) is 12.6. The van der Waals surface area contributed by atoms with Crippen LogP contribution in [0, 0.1) is 23.3 Å². The molecule has 0 N–H and O–H groups in total. The molecule has 0 fully saturated rings. The Morgan fingerprint density at radius 3 is 1.81 bits per heavy atom. The minimum absolute atomic E-state index is 0.0220. The molecule has 7 nitrogen and oxygen atoms in total. The van der Waals surface area contributed by atoms with E-state index in [4.69, 9.17) is 0 Å². The zero-order valence-corrected chi connectivity index (χ0v) is 18.5. The fraction of sp³-hybridized carbons (Fsp3) is 0.611. The largest absolute Gasteiger partial charge is 0.748 e. The highest BCUT2D eigenvalue weighted by molar-refractivity contribution is 7.85. The molecule has 1 aromatic carbocycles. The van der Waals surface area contributed by atoms with Crippen LogP contribution in [0.15, 0.2) is 0 Å². The Morgan fingerprint density at radius 2 is 1.29 bits per heavy atom. The Kier molecular flexibility index (Phi) is 7.56. The summed E-state index contributed by atoms with van der Waals surface area (Å²) < 4.78 is 123. The van der Waals surface area contributed by atoms with Gasteiger partial charge in [0.25, 0.3) is 5.69 Å². The smallest absolute Gasteiger partial charge is 0.251 e. The average Bonchev–Trinajstić information content (AvgIpc) is 2.86.